The van der Waals surface area contributed by atoms with Crippen molar-refractivity contribution in [3.63, 3.8) is 0 Å². The molecule has 170 valence electrons. The van der Waals surface area contributed by atoms with Gasteiger partial charge in [0.15, 0.2) is 0 Å². The van der Waals surface area contributed by atoms with E-state index in [1.54, 1.807) is 17.0 Å². The van der Waals surface area contributed by atoms with Crippen LogP contribution in [0.2, 0.25) is 0 Å². The first-order valence-electron chi connectivity index (χ1n) is 10.6. The van der Waals surface area contributed by atoms with Crippen LogP contribution >= 0.6 is 15.9 Å². The number of non-ortho nitro benzene ring substituents is 1. The molecule has 1 aliphatic rings. The summed E-state index contributed by atoms with van der Waals surface area (Å²) < 4.78 is 6.42. The largest absolute Gasteiger partial charge is 0.494 e. The topological polar surface area (TPSA) is 101 Å². The highest BCUT2D eigenvalue weighted by Crippen LogP contribution is 2.45. The van der Waals surface area contributed by atoms with Gasteiger partial charge in [0.25, 0.3) is 11.6 Å². The molecular weight excluding hydrogens is 500 g/mol. The van der Waals surface area contributed by atoms with Crippen molar-refractivity contribution < 1.29 is 14.5 Å². The second-order valence-corrected chi connectivity index (χ2v) is 8.64. The first kappa shape index (κ1) is 21.8. The molecule has 34 heavy (non-hydrogen) atoms. The molecule has 0 aliphatic carbocycles. The van der Waals surface area contributed by atoms with Gasteiger partial charge in [-0.05, 0) is 61.0 Å². The number of carbonyl (C=O) groups excluding carboxylic acids is 1. The van der Waals surface area contributed by atoms with Crippen LogP contribution in [0.4, 0.5) is 11.4 Å². The number of anilines is 1. The fraction of sp³-hybridized carbons (Fsp3) is 0.120. The molecular formula is C25H19BrN4O4. The second-order valence-electron chi connectivity index (χ2n) is 7.72. The molecule has 0 spiro atoms. The molecule has 1 atom stereocenters. The normalized spacial score (nSPS) is 14.8. The zero-order chi connectivity index (χ0) is 23.8. The molecule has 1 aromatic heterocycles. The Kier molecular flexibility index (Phi) is 5.62. The maximum Gasteiger partial charge on any atom is 0.277 e. The first-order valence-corrected chi connectivity index (χ1v) is 11.4. The molecule has 2 heterocycles. The van der Waals surface area contributed by atoms with Gasteiger partial charge in [-0.2, -0.15) is 5.10 Å². The van der Waals surface area contributed by atoms with Gasteiger partial charge in [-0.25, -0.2) is 0 Å². The summed E-state index contributed by atoms with van der Waals surface area (Å²) in [7, 11) is 0. The third kappa shape index (κ3) is 3.73. The average Bonchev–Trinajstić information content (AvgIpc) is 3.39. The lowest BCUT2D eigenvalue weighted by Gasteiger charge is -2.26. The molecule has 8 nitrogen and oxygen atoms in total. The Labute approximate surface area is 203 Å². The number of aromatic nitrogens is 2. The Balaban J connectivity index is 1.68. The van der Waals surface area contributed by atoms with E-state index >= 15 is 0 Å². The lowest BCUT2D eigenvalue weighted by atomic mass is 9.95. The minimum atomic E-state index is -0.594. The van der Waals surface area contributed by atoms with Gasteiger partial charge in [0.05, 0.1) is 23.3 Å². The Bertz CT molecular complexity index is 1380. The van der Waals surface area contributed by atoms with E-state index in [-0.39, 0.29) is 11.6 Å². The van der Waals surface area contributed by atoms with Gasteiger partial charge in [-0.1, -0.05) is 28.1 Å². The van der Waals surface area contributed by atoms with Crippen LogP contribution < -0.4 is 9.64 Å². The summed E-state index contributed by atoms with van der Waals surface area (Å²) in [5.74, 6) is 0.486. The van der Waals surface area contributed by atoms with Crippen LogP contribution in [0.1, 0.15) is 34.6 Å². The van der Waals surface area contributed by atoms with Gasteiger partial charge in [0.2, 0.25) is 0 Å². The van der Waals surface area contributed by atoms with Gasteiger partial charge in [-0.15, -0.1) is 0 Å². The minimum Gasteiger partial charge on any atom is -0.494 e. The number of hydrogen-bond donors (Lipinski definition) is 1. The molecule has 9 heteroatoms. The van der Waals surface area contributed by atoms with Crippen LogP contribution in [0.15, 0.2) is 77.3 Å². The number of benzene rings is 3. The van der Waals surface area contributed by atoms with E-state index in [1.165, 1.54) is 12.1 Å². The van der Waals surface area contributed by atoms with Crippen molar-refractivity contribution in [3.8, 4) is 17.0 Å². The summed E-state index contributed by atoms with van der Waals surface area (Å²) in [5, 5.41) is 18.8. The van der Waals surface area contributed by atoms with Crippen molar-refractivity contribution in [1.82, 2.24) is 10.2 Å². The lowest BCUT2D eigenvalue weighted by molar-refractivity contribution is -0.384. The van der Waals surface area contributed by atoms with E-state index < -0.39 is 11.0 Å². The highest BCUT2D eigenvalue weighted by molar-refractivity contribution is 9.10. The fourth-order valence-electron chi connectivity index (χ4n) is 4.23. The Morgan fingerprint density at radius 3 is 2.53 bits per heavy atom. The number of halogens is 1. The molecule has 1 N–H and O–H groups in total. The van der Waals surface area contributed by atoms with Crippen molar-refractivity contribution in [2.45, 2.75) is 13.0 Å². The van der Waals surface area contributed by atoms with Crippen LogP contribution in [0.25, 0.3) is 11.3 Å². The molecule has 0 bridgehead atoms. The predicted octanol–water partition coefficient (Wildman–Crippen LogP) is 5.90. The number of carbonyl (C=O) groups is 1. The van der Waals surface area contributed by atoms with Gasteiger partial charge in [-0.3, -0.25) is 24.9 Å². The fourth-order valence-corrected chi connectivity index (χ4v) is 4.50. The number of hydrogen-bond acceptors (Lipinski definition) is 5. The van der Waals surface area contributed by atoms with E-state index in [2.05, 4.69) is 26.1 Å². The summed E-state index contributed by atoms with van der Waals surface area (Å²) in [4.78, 5) is 26.2. The molecule has 1 amide bonds. The number of nitrogens with one attached hydrogen (secondary N) is 1. The highest BCUT2D eigenvalue weighted by atomic mass is 79.9. The van der Waals surface area contributed by atoms with Crippen LogP contribution in [-0.4, -0.2) is 27.6 Å². The third-order valence-corrected chi connectivity index (χ3v) is 6.24. The molecule has 0 saturated carbocycles. The van der Waals surface area contributed by atoms with Gasteiger partial charge in [0.1, 0.15) is 11.4 Å². The molecule has 5 rings (SSSR count). The van der Waals surface area contributed by atoms with Crippen LogP contribution in [0.3, 0.4) is 0 Å². The molecule has 0 radical (unpaired) electrons. The number of nitro benzene ring substituents is 1. The molecule has 4 aromatic rings. The number of fused-ring (bicyclic) bond motifs is 1. The monoisotopic (exact) mass is 518 g/mol. The van der Waals surface area contributed by atoms with Crippen molar-refractivity contribution in [1.29, 1.82) is 0 Å². The summed E-state index contributed by atoms with van der Waals surface area (Å²) in [5.41, 5.74) is 3.72. The van der Waals surface area contributed by atoms with E-state index in [9.17, 15) is 14.9 Å². The standard InChI is InChI=1S/C25H19BrN4O4/c1-2-34-20-12-6-15(7-13-20)22-21-23(28-27-22)25(31)29(18-10-8-17(26)9-11-18)24(21)16-4-3-5-19(14-16)30(32)33/h3-14,24H,2H2,1H3,(H,27,28)/t24-/m1/s1. The zero-order valence-electron chi connectivity index (χ0n) is 18.1. The number of aromatic amines is 1. The summed E-state index contributed by atoms with van der Waals surface area (Å²) in [6, 6.07) is 20.6. The lowest BCUT2D eigenvalue weighted by Crippen LogP contribution is -2.29. The number of ether oxygens (including phenoxy) is 1. The number of nitro groups is 1. The average molecular weight is 519 g/mol. The van der Waals surface area contributed by atoms with E-state index in [1.807, 2.05) is 55.5 Å². The molecule has 0 unspecified atom stereocenters. The number of amides is 1. The Hall–Kier alpha value is -3.98. The third-order valence-electron chi connectivity index (χ3n) is 5.71. The molecule has 0 fully saturated rings. The number of H-pyrrole nitrogens is 1. The summed E-state index contributed by atoms with van der Waals surface area (Å²) in [6.45, 7) is 2.48. The Morgan fingerprint density at radius 1 is 1.12 bits per heavy atom. The van der Waals surface area contributed by atoms with E-state index in [4.69, 9.17) is 4.74 Å². The van der Waals surface area contributed by atoms with Crippen LogP contribution in [-0.2, 0) is 0 Å². The summed E-state index contributed by atoms with van der Waals surface area (Å²) >= 11 is 3.43. The van der Waals surface area contributed by atoms with Gasteiger partial charge < -0.3 is 4.74 Å². The zero-order valence-corrected chi connectivity index (χ0v) is 19.7. The first-order chi connectivity index (χ1) is 16.5. The minimum absolute atomic E-state index is 0.0414. The molecule has 0 saturated heterocycles. The van der Waals surface area contributed by atoms with E-state index in [0.29, 0.717) is 34.8 Å². The summed E-state index contributed by atoms with van der Waals surface area (Å²) in [6.07, 6.45) is 0. The van der Waals surface area contributed by atoms with Gasteiger partial charge in [0, 0.05) is 33.4 Å². The van der Waals surface area contributed by atoms with Crippen molar-refractivity contribution in [2.24, 2.45) is 0 Å². The number of nitrogens with zero attached hydrogens (tertiary/aromatic N) is 3. The maximum atomic E-state index is 13.6. The van der Waals surface area contributed by atoms with E-state index in [0.717, 1.165) is 15.8 Å². The highest BCUT2D eigenvalue weighted by Gasteiger charge is 2.43. The van der Waals surface area contributed by atoms with Crippen LogP contribution in [0.5, 0.6) is 5.75 Å². The second kappa shape index (κ2) is 8.75. The quantitative estimate of drug-likeness (QED) is 0.253. The smallest absolute Gasteiger partial charge is 0.277 e. The predicted molar refractivity (Wildman–Crippen MR) is 131 cm³/mol. The molecule has 3 aromatic carbocycles. The van der Waals surface area contributed by atoms with Crippen molar-refractivity contribution in [3.05, 3.63) is 104 Å². The van der Waals surface area contributed by atoms with Crippen molar-refractivity contribution in [2.75, 3.05) is 11.5 Å². The maximum absolute atomic E-state index is 13.6. The molecule has 1 aliphatic heterocycles. The number of rotatable bonds is 6. The van der Waals surface area contributed by atoms with Gasteiger partial charge >= 0.3 is 0 Å². The Morgan fingerprint density at radius 2 is 1.85 bits per heavy atom. The SMILES string of the molecule is CCOc1ccc(-c2n[nH]c3c2[C@@H](c2cccc([N+](=O)[O-])c2)N(c2ccc(Br)cc2)C3=O)cc1. The van der Waals surface area contributed by atoms with Crippen LogP contribution in [0, 0.1) is 10.1 Å². The van der Waals surface area contributed by atoms with Crippen molar-refractivity contribution >= 4 is 33.2 Å².